The smallest absolute Gasteiger partial charge is 0.230 e. The molecule has 2 heterocycles. The van der Waals surface area contributed by atoms with Gasteiger partial charge in [0.25, 0.3) is 0 Å². The van der Waals surface area contributed by atoms with Crippen LogP contribution >= 0.6 is 22.7 Å². The van der Waals surface area contributed by atoms with E-state index in [0.717, 1.165) is 53.2 Å². The van der Waals surface area contributed by atoms with E-state index in [9.17, 15) is 9.59 Å². The summed E-state index contributed by atoms with van der Waals surface area (Å²) in [5.74, 6) is 0.435. The zero-order chi connectivity index (χ0) is 26.7. The van der Waals surface area contributed by atoms with Gasteiger partial charge in [0.1, 0.15) is 15.8 Å². The normalized spacial score (nSPS) is 10.8. The van der Waals surface area contributed by atoms with Crippen LogP contribution in [0.25, 0.3) is 0 Å². The maximum Gasteiger partial charge on any atom is 0.230 e. The van der Waals surface area contributed by atoms with Crippen molar-refractivity contribution in [3.8, 4) is 5.75 Å². The highest BCUT2D eigenvalue weighted by molar-refractivity contribution is 7.15. The standard InChI is InChI=1S/C27H30N6O3S2/c1-3-18-10-4-5-11-19(18)16-22(34)28-26-32-30-24(37-26)14-8-9-15-25-31-33-27(38-25)29-23(35)17-20-12-6-7-13-21(20)36-2/h4-7,10-13H,3,8-9,14-17H2,1-2H3,(H,28,32,34)(H,29,33,35). The Morgan fingerprint density at radius 1 is 0.737 bits per heavy atom. The van der Waals surface area contributed by atoms with E-state index in [1.54, 1.807) is 7.11 Å². The summed E-state index contributed by atoms with van der Waals surface area (Å²) in [5.41, 5.74) is 3.03. The van der Waals surface area contributed by atoms with Crippen molar-refractivity contribution >= 4 is 44.8 Å². The van der Waals surface area contributed by atoms with E-state index in [4.69, 9.17) is 4.74 Å². The first kappa shape index (κ1) is 27.3. The number of nitrogens with zero attached hydrogens (tertiary/aromatic N) is 4. The third kappa shape index (κ3) is 7.90. The van der Waals surface area contributed by atoms with Gasteiger partial charge in [-0.3, -0.25) is 9.59 Å². The first-order valence-electron chi connectivity index (χ1n) is 12.5. The molecule has 2 amide bonds. The molecule has 4 aromatic rings. The number of anilines is 2. The van der Waals surface area contributed by atoms with Gasteiger partial charge in [0.15, 0.2) is 0 Å². The first-order valence-corrected chi connectivity index (χ1v) is 14.1. The van der Waals surface area contributed by atoms with Crippen molar-refractivity contribution in [1.29, 1.82) is 0 Å². The molecule has 38 heavy (non-hydrogen) atoms. The Balaban J connectivity index is 1.17. The molecule has 0 saturated heterocycles. The van der Waals surface area contributed by atoms with Crippen molar-refractivity contribution in [2.75, 3.05) is 17.7 Å². The highest BCUT2D eigenvalue weighted by Crippen LogP contribution is 2.22. The fraction of sp³-hybridized carbons (Fsp3) is 0.333. The Hall–Kier alpha value is -3.70. The van der Waals surface area contributed by atoms with Crippen LogP contribution in [0.1, 0.15) is 46.5 Å². The average molecular weight is 551 g/mol. The van der Waals surface area contributed by atoms with Crippen LogP contribution in [0.2, 0.25) is 0 Å². The van der Waals surface area contributed by atoms with E-state index in [0.29, 0.717) is 22.4 Å². The number of carbonyl (C=O) groups is 2. The maximum atomic E-state index is 12.4. The molecule has 0 aliphatic heterocycles. The number of benzene rings is 2. The molecule has 0 bridgehead atoms. The predicted molar refractivity (Wildman–Crippen MR) is 150 cm³/mol. The minimum Gasteiger partial charge on any atom is -0.496 e. The third-order valence-corrected chi connectivity index (χ3v) is 7.65. The molecule has 2 N–H and O–H groups in total. The molecule has 0 radical (unpaired) electrons. The number of para-hydroxylation sites is 1. The molecule has 0 aliphatic carbocycles. The Bertz CT molecular complexity index is 1270. The molecule has 9 nitrogen and oxygen atoms in total. The molecule has 0 saturated carbocycles. The summed E-state index contributed by atoms with van der Waals surface area (Å²) in [6.07, 6.45) is 4.76. The largest absolute Gasteiger partial charge is 0.496 e. The molecule has 0 aliphatic rings. The molecule has 0 atom stereocenters. The zero-order valence-electron chi connectivity index (χ0n) is 21.4. The molecule has 0 fully saturated rings. The highest BCUT2D eigenvalue weighted by Gasteiger charge is 2.13. The van der Waals surface area contributed by atoms with Crippen molar-refractivity contribution in [3.63, 3.8) is 0 Å². The lowest BCUT2D eigenvalue weighted by Gasteiger charge is -2.07. The van der Waals surface area contributed by atoms with E-state index in [1.807, 2.05) is 48.5 Å². The van der Waals surface area contributed by atoms with Crippen LogP contribution in [0.4, 0.5) is 10.3 Å². The van der Waals surface area contributed by atoms with Crippen molar-refractivity contribution in [2.45, 2.75) is 51.9 Å². The molecule has 11 heteroatoms. The summed E-state index contributed by atoms with van der Waals surface area (Å²) in [7, 11) is 1.59. The van der Waals surface area contributed by atoms with Crippen LogP contribution < -0.4 is 15.4 Å². The second kappa shape index (κ2) is 13.7. The predicted octanol–water partition coefficient (Wildman–Crippen LogP) is 4.89. The number of methoxy groups -OCH3 is 1. The second-order valence-corrected chi connectivity index (χ2v) is 10.7. The van der Waals surface area contributed by atoms with Crippen LogP contribution in [-0.2, 0) is 41.7 Å². The summed E-state index contributed by atoms with van der Waals surface area (Å²) in [6, 6.07) is 15.4. The van der Waals surface area contributed by atoms with Crippen LogP contribution in [0.3, 0.4) is 0 Å². The maximum absolute atomic E-state index is 12.4. The van der Waals surface area contributed by atoms with Crippen molar-refractivity contribution < 1.29 is 14.3 Å². The Morgan fingerprint density at radius 3 is 1.79 bits per heavy atom. The molecule has 2 aromatic carbocycles. The van der Waals surface area contributed by atoms with E-state index in [2.05, 4.69) is 38.0 Å². The van der Waals surface area contributed by atoms with Gasteiger partial charge < -0.3 is 15.4 Å². The van der Waals surface area contributed by atoms with Gasteiger partial charge in [0.05, 0.1) is 20.0 Å². The number of carbonyl (C=O) groups excluding carboxylic acids is 2. The van der Waals surface area contributed by atoms with Crippen LogP contribution in [0.15, 0.2) is 48.5 Å². The van der Waals surface area contributed by atoms with E-state index in [1.165, 1.54) is 28.2 Å². The van der Waals surface area contributed by atoms with Gasteiger partial charge >= 0.3 is 0 Å². The molecular weight excluding hydrogens is 520 g/mol. The first-order chi connectivity index (χ1) is 18.5. The fourth-order valence-electron chi connectivity index (χ4n) is 3.96. The second-order valence-electron chi connectivity index (χ2n) is 8.59. The number of aromatic nitrogens is 4. The Kier molecular flexibility index (Phi) is 9.88. The van der Waals surface area contributed by atoms with E-state index in [-0.39, 0.29) is 18.2 Å². The number of amides is 2. The lowest BCUT2D eigenvalue weighted by molar-refractivity contribution is -0.116. The lowest BCUT2D eigenvalue weighted by atomic mass is 10.0. The van der Waals surface area contributed by atoms with Crippen LogP contribution in [0, 0.1) is 0 Å². The number of unbranched alkanes of at least 4 members (excludes halogenated alkanes) is 1. The summed E-state index contributed by atoms with van der Waals surface area (Å²) in [6.45, 7) is 2.08. The van der Waals surface area contributed by atoms with Gasteiger partial charge in [-0.2, -0.15) is 0 Å². The minimum absolute atomic E-state index is 0.0873. The topological polar surface area (TPSA) is 119 Å². The third-order valence-electron chi connectivity index (χ3n) is 5.85. The fourth-order valence-corrected chi connectivity index (χ4v) is 5.55. The van der Waals surface area contributed by atoms with Crippen molar-refractivity contribution in [1.82, 2.24) is 20.4 Å². The van der Waals surface area contributed by atoms with Crippen molar-refractivity contribution in [3.05, 3.63) is 75.2 Å². The number of hydrogen-bond donors (Lipinski definition) is 2. The Labute approximate surface area is 229 Å². The molecule has 4 rings (SSSR count). The molecule has 198 valence electrons. The quantitative estimate of drug-likeness (QED) is 0.228. The summed E-state index contributed by atoms with van der Waals surface area (Å²) < 4.78 is 5.30. The zero-order valence-corrected chi connectivity index (χ0v) is 23.0. The monoisotopic (exact) mass is 550 g/mol. The molecular formula is C27H30N6O3S2. The highest BCUT2D eigenvalue weighted by atomic mass is 32.1. The number of rotatable bonds is 13. The molecule has 2 aromatic heterocycles. The van der Waals surface area contributed by atoms with Gasteiger partial charge in [-0.05, 0) is 36.5 Å². The Morgan fingerprint density at radius 2 is 1.24 bits per heavy atom. The van der Waals surface area contributed by atoms with Crippen LogP contribution in [-0.4, -0.2) is 39.3 Å². The minimum atomic E-state index is -0.161. The summed E-state index contributed by atoms with van der Waals surface area (Å²) in [5, 5.41) is 25.1. The number of aryl methyl sites for hydroxylation is 3. The SMILES string of the molecule is CCc1ccccc1CC(=O)Nc1nnc(CCCCc2nnc(NC(=O)Cc3ccccc3OC)s2)s1. The van der Waals surface area contributed by atoms with E-state index >= 15 is 0 Å². The summed E-state index contributed by atoms with van der Waals surface area (Å²) >= 11 is 2.79. The van der Waals surface area contributed by atoms with Gasteiger partial charge in [-0.15, -0.1) is 20.4 Å². The molecule has 0 unspecified atom stereocenters. The van der Waals surface area contributed by atoms with Gasteiger partial charge in [-0.1, -0.05) is 72.1 Å². The number of hydrogen-bond acceptors (Lipinski definition) is 9. The van der Waals surface area contributed by atoms with Gasteiger partial charge in [0, 0.05) is 18.4 Å². The van der Waals surface area contributed by atoms with Gasteiger partial charge in [0.2, 0.25) is 22.1 Å². The number of ether oxygens (including phenoxy) is 1. The number of nitrogens with one attached hydrogen (secondary N) is 2. The van der Waals surface area contributed by atoms with E-state index < -0.39 is 0 Å². The van der Waals surface area contributed by atoms with Crippen LogP contribution in [0.5, 0.6) is 5.75 Å². The summed E-state index contributed by atoms with van der Waals surface area (Å²) in [4.78, 5) is 24.8. The average Bonchev–Trinajstić information content (AvgIpc) is 3.56. The van der Waals surface area contributed by atoms with Crippen molar-refractivity contribution in [2.24, 2.45) is 0 Å². The molecule has 0 spiro atoms. The lowest BCUT2D eigenvalue weighted by Crippen LogP contribution is -2.15. The van der Waals surface area contributed by atoms with Gasteiger partial charge in [-0.25, -0.2) is 0 Å².